The standard InChI is InChI=1S/C15H22N2O5/c1-10(2)22-13-7-6-11(21-3)9-12(13)17-15(20)16-8-4-5-14(18)19/h6-7,9-10H,4-5,8H2,1-3H3,(H,18,19)(H2,16,17,20). The Labute approximate surface area is 129 Å². The topological polar surface area (TPSA) is 96.9 Å². The fourth-order valence-corrected chi connectivity index (χ4v) is 1.70. The Kier molecular flexibility index (Phi) is 7.01. The summed E-state index contributed by atoms with van der Waals surface area (Å²) in [4.78, 5) is 22.2. The van der Waals surface area contributed by atoms with Crippen molar-refractivity contribution >= 4 is 17.7 Å². The van der Waals surface area contributed by atoms with Gasteiger partial charge >= 0.3 is 12.0 Å². The van der Waals surface area contributed by atoms with Gasteiger partial charge in [-0.2, -0.15) is 0 Å². The molecule has 0 radical (unpaired) electrons. The Hall–Kier alpha value is -2.44. The van der Waals surface area contributed by atoms with Crippen LogP contribution in [0, 0.1) is 0 Å². The second-order valence-corrected chi connectivity index (χ2v) is 4.91. The van der Waals surface area contributed by atoms with Crippen molar-refractivity contribution in [1.29, 1.82) is 0 Å². The third-order valence-electron chi connectivity index (χ3n) is 2.65. The first kappa shape index (κ1) is 17.6. The lowest BCUT2D eigenvalue weighted by Gasteiger charge is -2.16. The number of rotatable bonds is 8. The molecular formula is C15H22N2O5. The third-order valence-corrected chi connectivity index (χ3v) is 2.65. The maximum absolute atomic E-state index is 11.8. The molecule has 0 atom stereocenters. The van der Waals surface area contributed by atoms with Crippen molar-refractivity contribution in [2.24, 2.45) is 0 Å². The van der Waals surface area contributed by atoms with Gasteiger partial charge in [-0.3, -0.25) is 4.79 Å². The Morgan fingerprint density at radius 3 is 2.64 bits per heavy atom. The van der Waals surface area contributed by atoms with E-state index in [9.17, 15) is 9.59 Å². The quantitative estimate of drug-likeness (QED) is 0.641. The SMILES string of the molecule is COc1ccc(OC(C)C)c(NC(=O)NCCCC(=O)O)c1. The lowest BCUT2D eigenvalue weighted by molar-refractivity contribution is -0.137. The number of methoxy groups -OCH3 is 1. The van der Waals surface area contributed by atoms with Gasteiger partial charge in [0.1, 0.15) is 11.5 Å². The summed E-state index contributed by atoms with van der Waals surface area (Å²) in [6.45, 7) is 4.06. The molecule has 3 N–H and O–H groups in total. The summed E-state index contributed by atoms with van der Waals surface area (Å²) in [5.41, 5.74) is 0.490. The Bertz CT molecular complexity index is 517. The third kappa shape index (κ3) is 6.34. The molecule has 0 aromatic heterocycles. The molecule has 122 valence electrons. The summed E-state index contributed by atoms with van der Waals surface area (Å²) in [7, 11) is 1.54. The molecule has 0 unspecified atom stereocenters. The minimum Gasteiger partial charge on any atom is -0.497 e. The molecule has 0 saturated carbocycles. The number of benzene rings is 1. The maximum atomic E-state index is 11.8. The van der Waals surface area contributed by atoms with E-state index in [-0.39, 0.29) is 19.1 Å². The van der Waals surface area contributed by atoms with Crippen LogP contribution in [-0.2, 0) is 4.79 Å². The number of anilines is 1. The average Bonchev–Trinajstić information content (AvgIpc) is 2.44. The molecule has 1 rings (SSSR count). The molecule has 0 aliphatic heterocycles. The molecule has 0 spiro atoms. The van der Waals surface area contributed by atoms with Crippen molar-refractivity contribution in [2.45, 2.75) is 32.8 Å². The van der Waals surface area contributed by atoms with Gasteiger partial charge in [-0.15, -0.1) is 0 Å². The van der Waals surface area contributed by atoms with Crippen LogP contribution in [0.2, 0.25) is 0 Å². The number of aliphatic carboxylic acids is 1. The van der Waals surface area contributed by atoms with E-state index in [0.717, 1.165) is 0 Å². The van der Waals surface area contributed by atoms with Crippen LogP contribution >= 0.6 is 0 Å². The molecule has 22 heavy (non-hydrogen) atoms. The molecule has 2 amide bonds. The molecule has 1 aromatic carbocycles. The normalized spacial score (nSPS) is 10.2. The van der Waals surface area contributed by atoms with Gasteiger partial charge in [-0.1, -0.05) is 0 Å². The van der Waals surface area contributed by atoms with Crippen molar-refractivity contribution in [3.05, 3.63) is 18.2 Å². The number of ether oxygens (including phenoxy) is 2. The summed E-state index contributed by atoms with van der Waals surface area (Å²) in [6, 6.07) is 4.70. The number of carbonyl (C=O) groups excluding carboxylic acids is 1. The molecule has 0 aliphatic rings. The van der Waals surface area contributed by atoms with Crippen LogP contribution in [0.3, 0.4) is 0 Å². The predicted molar refractivity (Wildman–Crippen MR) is 82.6 cm³/mol. The predicted octanol–water partition coefficient (Wildman–Crippen LogP) is 2.47. The van der Waals surface area contributed by atoms with E-state index >= 15 is 0 Å². The van der Waals surface area contributed by atoms with Crippen LogP contribution in [0.25, 0.3) is 0 Å². The molecule has 0 saturated heterocycles. The summed E-state index contributed by atoms with van der Waals surface area (Å²) in [5, 5.41) is 13.8. The summed E-state index contributed by atoms with van der Waals surface area (Å²) < 4.78 is 10.8. The molecule has 0 aliphatic carbocycles. The van der Waals surface area contributed by atoms with E-state index in [0.29, 0.717) is 23.6 Å². The molecule has 0 bridgehead atoms. The zero-order valence-electron chi connectivity index (χ0n) is 13.0. The fraction of sp³-hybridized carbons (Fsp3) is 0.467. The number of carbonyl (C=O) groups is 2. The Morgan fingerprint density at radius 2 is 2.05 bits per heavy atom. The monoisotopic (exact) mass is 310 g/mol. The first-order chi connectivity index (χ1) is 10.4. The highest BCUT2D eigenvalue weighted by atomic mass is 16.5. The van der Waals surface area contributed by atoms with Crippen LogP contribution < -0.4 is 20.1 Å². The molecule has 0 heterocycles. The number of hydrogen-bond donors (Lipinski definition) is 3. The van der Waals surface area contributed by atoms with E-state index in [1.807, 2.05) is 13.8 Å². The van der Waals surface area contributed by atoms with Crippen LogP contribution in [0.15, 0.2) is 18.2 Å². The van der Waals surface area contributed by atoms with Crippen molar-refractivity contribution in [2.75, 3.05) is 19.0 Å². The Balaban J connectivity index is 2.64. The number of hydrogen-bond acceptors (Lipinski definition) is 4. The van der Waals surface area contributed by atoms with E-state index in [2.05, 4.69) is 10.6 Å². The fourth-order valence-electron chi connectivity index (χ4n) is 1.70. The second kappa shape index (κ2) is 8.76. The highest BCUT2D eigenvalue weighted by molar-refractivity contribution is 5.91. The van der Waals surface area contributed by atoms with Gasteiger partial charge in [0.2, 0.25) is 0 Å². The van der Waals surface area contributed by atoms with Crippen LogP contribution in [-0.4, -0.2) is 36.9 Å². The number of nitrogens with one attached hydrogen (secondary N) is 2. The van der Waals surface area contributed by atoms with E-state index in [1.54, 1.807) is 18.2 Å². The number of carboxylic acids is 1. The lowest BCUT2D eigenvalue weighted by Crippen LogP contribution is -2.30. The minimum atomic E-state index is -0.886. The highest BCUT2D eigenvalue weighted by Gasteiger charge is 2.10. The molecule has 1 aromatic rings. The van der Waals surface area contributed by atoms with E-state index in [1.165, 1.54) is 7.11 Å². The molecule has 7 nitrogen and oxygen atoms in total. The van der Waals surface area contributed by atoms with Gasteiger partial charge in [0, 0.05) is 19.0 Å². The number of amides is 2. The summed E-state index contributed by atoms with van der Waals surface area (Å²) in [6.07, 6.45) is 0.352. The van der Waals surface area contributed by atoms with Crippen molar-refractivity contribution in [3.8, 4) is 11.5 Å². The van der Waals surface area contributed by atoms with Gasteiger partial charge in [0.15, 0.2) is 0 Å². The van der Waals surface area contributed by atoms with Crippen molar-refractivity contribution < 1.29 is 24.2 Å². The molecular weight excluding hydrogens is 288 g/mol. The first-order valence-corrected chi connectivity index (χ1v) is 7.03. The summed E-state index contributed by atoms with van der Waals surface area (Å²) in [5.74, 6) is 0.247. The first-order valence-electron chi connectivity index (χ1n) is 7.03. The zero-order chi connectivity index (χ0) is 16.5. The van der Waals surface area contributed by atoms with Crippen LogP contribution in [0.4, 0.5) is 10.5 Å². The second-order valence-electron chi connectivity index (χ2n) is 4.91. The number of carboxylic acid groups (broad SMARTS) is 1. The van der Waals surface area contributed by atoms with Crippen LogP contribution in [0.5, 0.6) is 11.5 Å². The highest BCUT2D eigenvalue weighted by Crippen LogP contribution is 2.29. The molecule has 7 heteroatoms. The maximum Gasteiger partial charge on any atom is 0.319 e. The van der Waals surface area contributed by atoms with E-state index < -0.39 is 12.0 Å². The van der Waals surface area contributed by atoms with Gasteiger partial charge < -0.3 is 25.2 Å². The van der Waals surface area contributed by atoms with Crippen molar-refractivity contribution in [3.63, 3.8) is 0 Å². The average molecular weight is 310 g/mol. The zero-order valence-corrected chi connectivity index (χ0v) is 13.0. The van der Waals surface area contributed by atoms with Gasteiger partial charge in [-0.05, 0) is 32.4 Å². The van der Waals surface area contributed by atoms with Gasteiger partial charge in [-0.25, -0.2) is 4.79 Å². The minimum absolute atomic E-state index is 0.0150. The summed E-state index contributed by atoms with van der Waals surface area (Å²) >= 11 is 0. The van der Waals surface area contributed by atoms with E-state index in [4.69, 9.17) is 14.6 Å². The van der Waals surface area contributed by atoms with Crippen LogP contribution in [0.1, 0.15) is 26.7 Å². The van der Waals surface area contributed by atoms with Gasteiger partial charge in [0.05, 0.1) is 18.9 Å². The largest absolute Gasteiger partial charge is 0.497 e. The Morgan fingerprint density at radius 1 is 1.32 bits per heavy atom. The lowest BCUT2D eigenvalue weighted by atomic mass is 10.2. The molecule has 0 fully saturated rings. The number of urea groups is 1. The van der Waals surface area contributed by atoms with Crippen molar-refractivity contribution in [1.82, 2.24) is 5.32 Å². The smallest absolute Gasteiger partial charge is 0.319 e. The van der Waals surface area contributed by atoms with Gasteiger partial charge in [0.25, 0.3) is 0 Å².